The third kappa shape index (κ3) is 6.15. The molecule has 0 aliphatic heterocycles. The van der Waals surface area contributed by atoms with Crippen LogP contribution in [0.2, 0.25) is 0 Å². The third-order valence-corrected chi connectivity index (χ3v) is 5.52. The number of rotatable bonds is 4. The molecule has 1 heteroatoms. The van der Waals surface area contributed by atoms with Crippen LogP contribution < -0.4 is 0 Å². The quantitative estimate of drug-likeness (QED) is 0.273. The van der Waals surface area contributed by atoms with E-state index in [-0.39, 0.29) is 0 Å². The van der Waals surface area contributed by atoms with Gasteiger partial charge in [0.15, 0.2) is 0 Å². The van der Waals surface area contributed by atoms with Gasteiger partial charge in [-0.15, -0.1) is 5.73 Å². The smallest absolute Gasteiger partial charge is 0.0287 e. The molecule has 0 radical (unpaired) electrons. The Morgan fingerprint density at radius 2 is 1.68 bits per heavy atom. The van der Waals surface area contributed by atoms with Crippen LogP contribution >= 0.6 is 15.9 Å². The lowest BCUT2D eigenvalue weighted by molar-refractivity contribution is 0.462. The standard InChI is InChI=1S/C21H31Br/c1-7-8-20(21(22)13-18(6)15(2)3)14-19-11-9-16(4)17(5)10-12-19/h7,13,19H,9-12,14H2,1-6H3. The molecular formula is C21H31Br. The van der Waals surface area contributed by atoms with Crippen molar-refractivity contribution >= 4 is 15.9 Å². The topological polar surface area (TPSA) is 0 Å². The lowest BCUT2D eigenvalue weighted by atomic mass is 9.91. The van der Waals surface area contributed by atoms with Gasteiger partial charge in [0, 0.05) is 10.1 Å². The van der Waals surface area contributed by atoms with Crippen LogP contribution in [0.3, 0.4) is 0 Å². The van der Waals surface area contributed by atoms with Gasteiger partial charge >= 0.3 is 0 Å². The summed E-state index contributed by atoms with van der Waals surface area (Å²) in [5, 5.41) is 0. The number of hydrogen-bond donors (Lipinski definition) is 0. The molecule has 0 saturated heterocycles. The zero-order valence-electron chi connectivity index (χ0n) is 15.1. The van der Waals surface area contributed by atoms with E-state index in [4.69, 9.17) is 0 Å². The Morgan fingerprint density at radius 1 is 1.14 bits per heavy atom. The van der Waals surface area contributed by atoms with Gasteiger partial charge in [-0.05, 0) is 108 Å². The van der Waals surface area contributed by atoms with Crippen molar-refractivity contribution in [2.24, 2.45) is 5.92 Å². The van der Waals surface area contributed by atoms with Crippen molar-refractivity contribution in [3.8, 4) is 0 Å². The van der Waals surface area contributed by atoms with Crippen LogP contribution in [0.4, 0.5) is 0 Å². The average molecular weight is 363 g/mol. The molecule has 0 fully saturated rings. The summed E-state index contributed by atoms with van der Waals surface area (Å²) in [6.07, 6.45) is 10.5. The minimum absolute atomic E-state index is 0.766. The molecule has 1 aliphatic rings. The van der Waals surface area contributed by atoms with E-state index in [0.717, 1.165) is 12.3 Å². The molecule has 0 saturated carbocycles. The summed E-state index contributed by atoms with van der Waals surface area (Å²) in [6.45, 7) is 13.1. The summed E-state index contributed by atoms with van der Waals surface area (Å²) in [5.74, 6) is 0.766. The van der Waals surface area contributed by atoms with Crippen molar-refractivity contribution in [2.45, 2.75) is 73.6 Å². The first-order chi connectivity index (χ1) is 10.3. The van der Waals surface area contributed by atoms with Gasteiger partial charge in [0.25, 0.3) is 0 Å². The normalized spacial score (nSPS) is 17.0. The fourth-order valence-electron chi connectivity index (χ4n) is 2.73. The van der Waals surface area contributed by atoms with Crippen molar-refractivity contribution in [3.63, 3.8) is 0 Å². The van der Waals surface area contributed by atoms with Gasteiger partial charge in [-0.25, -0.2) is 0 Å². The predicted octanol–water partition coefficient (Wildman–Crippen LogP) is 7.64. The molecule has 0 unspecified atom stereocenters. The van der Waals surface area contributed by atoms with E-state index < -0.39 is 0 Å². The molecule has 1 aliphatic carbocycles. The molecule has 0 heterocycles. The Hall–Kier alpha value is -0.780. The van der Waals surface area contributed by atoms with Crippen molar-refractivity contribution in [3.05, 3.63) is 50.2 Å². The van der Waals surface area contributed by atoms with Crippen molar-refractivity contribution in [2.75, 3.05) is 0 Å². The van der Waals surface area contributed by atoms with Crippen LogP contribution in [0.1, 0.15) is 73.6 Å². The first kappa shape index (κ1) is 19.3. The molecular weight excluding hydrogens is 332 g/mol. The predicted molar refractivity (Wildman–Crippen MR) is 103 cm³/mol. The number of allylic oxidation sites excluding steroid dienone is 7. The van der Waals surface area contributed by atoms with Gasteiger partial charge in [0.05, 0.1) is 0 Å². The molecule has 0 aromatic rings. The fourth-order valence-corrected chi connectivity index (χ4v) is 3.35. The second-order valence-corrected chi connectivity index (χ2v) is 7.65. The van der Waals surface area contributed by atoms with E-state index in [1.165, 1.54) is 46.9 Å². The van der Waals surface area contributed by atoms with Gasteiger partial charge < -0.3 is 0 Å². The summed E-state index contributed by atoms with van der Waals surface area (Å²) >= 11 is 3.78. The summed E-state index contributed by atoms with van der Waals surface area (Å²) in [4.78, 5) is 0. The summed E-state index contributed by atoms with van der Waals surface area (Å²) < 4.78 is 1.19. The molecule has 0 amide bonds. The van der Waals surface area contributed by atoms with Gasteiger partial charge in [-0.3, -0.25) is 0 Å². The second kappa shape index (κ2) is 9.38. The van der Waals surface area contributed by atoms with Crippen LogP contribution in [0.25, 0.3) is 0 Å². The third-order valence-electron chi connectivity index (χ3n) is 4.82. The van der Waals surface area contributed by atoms with Gasteiger partial charge in [0.2, 0.25) is 0 Å². The molecule has 0 atom stereocenters. The van der Waals surface area contributed by atoms with Crippen LogP contribution in [0.5, 0.6) is 0 Å². The lowest BCUT2D eigenvalue weighted by Crippen LogP contribution is -2.01. The highest BCUT2D eigenvalue weighted by molar-refractivity contribution is 9.12. The maximum atomic E-state index is 3.78. The molecule has 0 bridgehead atoms. The summed E-state index contributed by atoms with van der Waals surface area (Å²) in [5.41, 5.74) is 10.7. The Balaban J connectivity index is 2.88. The zero-order chi connectivity index (χ0) is 16.7. The van der Waals surface area contributed by atoms with E-state index >= 15 is 0 Å². The lowest BCUT2D eigenvalue weighted by Gasteiger charge is -2.16. The fraction of sp³-hybridized carbons (Fsp3) is 0.571. The second-order valence-electron chi connectivity index (χ2n) is 6.80. The highest BCUT2D eigenvalue weighted by Gasteiger charge is 2.17. The van der Waals surface area contributed by atoms with Crippen LogP contribution in [-0.4, -0.2) is 0 Å². The van der Waals surface area contributed by atoms with Crippen molar-refractivity contribution in [1.82, 2.24) is 0 Å². The molecule has 0 spiro atoms. The minimum atomic E-state index is 0.766. The summed E-state index contributed by atoms with van der Waals surface area (Å²) in [7, 11) is 0. The van der Waals surface area contributed by atoms with E-state index in [9.17, 15) is 0 Å². The van der Waals surface area contributed by atoms with Gasteiger partial charge in [-0.1, -0.05) is 22.3 Å². The van der Waals surface area contributed by atoms with Gasteiger partial charge in [0.1, 0.15) is 0 Å². The monoisotopic (exact) mass is 362 g/mol. The van der Waals surface area contributed by atoms with Gasteiger partial charge in [-0.2, -0.15) is 0 Å². The molecule has 0 aromatic heterocycles. The van der Waals surface area contributed by atoms with E-state index in [1.807, 2.05) is 6.08 Å². The largest absolute Gasteiger partial charge is 0.121 e. The Labute approximate surface area is 145 Å². The number of hydrogen-bond acceptors (Lipinski definition) is 0. The minimum Gasteiger partial charge on any atom is -0.121 e. The first-order valence-corrected chi connectivity index (χ1v) is 9.21. The van der Waals surface area contributed by atoms with E-state index in [2.05, 4.69) is 69.3 Å². The van der Waals surface area contributed by atoms with E-state index in [0.29, 0.717) is 0 Å². The number of halogens is 1. The Bertz CT molecular complexity index is 528. The van der Waals surface area contributed by atoms with Crippen LogP contribution in [0.15, 0.2) is 50.2 Å². The molecule has 0 nitrogen and oxygen atoms in total. The Kier molecular flexibility index (Phi) is 8.21. The zero-order valence-corrected chi connectivity index (χ0v) is 16.7. The van der Waals surface area contributed by atoms with E-state index in [1.54, 1.807) is 11.1 Å². The van der Waals surface area contributed by atoms with Crippen LogP contribution in [0, 0.1) is 5.92 Å². The summed E-state index contributed by atoms with van der Waals surface area (Å²) in [6, 6.07) is 0. The SMILES string of the molecule is CC=C=C(CC1CCC(C)=C(C)CC1)C(Br)=CC(C)=C(C)C. The first-order valence-electron chi connectivity index (χ1n) is 8.42. The average Bonchev–Trinajstić information content (AvgIpc) is 2.62. The Morgan fingerprint density at radius 3 is 2.14 bits per heavy atom. The van der Waals surface area contributed by atoms with Crippen molar-refractivity contribution < 1.29 is 0 Å². The van der Waals surface area contributed by atoms with Crippen LogP contribution in [-0.2, 0) is 0 Å². The molecule has 22 heavy (non-hydrogen) atoms. The maximum absolute atomic E-state index is 3.78. The molecule has 0 aromatic carbocycles. The highest BCUT2D eigenvalue weighted by atomic mass is 79.9. The molecule has 0 N–H and O–H groups in total. The highest BCUT2D eigenvalue weighted by Crippen LogP contribution is 2.34. The molecule has 122 valence electrons. The maximum Gasteiger partial charge on any atom is 0.0287 e. The molecule has 1 rings (SSSR count). The van der Waals surface area contributed by atoms with Crippen molar-refractivity contribution in [1.29, 1.82) is 0 Å².